The molecule has 5 nitrogen and oxygen atoms in total. The van der Waals surface area contributed by atoms with Crippen LogP contribution in [0, 0.1) is 0 Å². The van der Waals surface area contributed by atoms with Crippen LogP contribution in [0.5, 0.6) is 0 Å². The number of nitrogens with one attached hydrogen (secondary N) is 1. The zero-order valence-corrected chi connectivity index (χ0v) is 13.5. The molecule has 0 spiro atoms. The first-order valence-corrected chi connectivity index (χ1v) is 8.25. The maximum Gasteiger partial charge on any atom is 0.270 e. The summed E-state index contributed by atoms with van der Waals surface area (Å²) in [5.74, 6) is -0.182. The highest BCUT2D eigenvalue weighted by atomic mass is 32.1. The molecule has 2 aromatic rings. The quantitative estimate of drug-likeness (QED) is 0.945. The predicted molar refractivity (Wildman–Crippen MR) is 83.6 cm³/mol. The molecule has 0 saturated heterocycles. The van der Waals surface area contributed by atoms with Crippen molar-refractivity contribution in [2.75, 3.05) is 0 Å². The molecule has 1 amide bonds. The first-order valence-electron chi connectivity index (χ1n) is 7.37. The van der Waals surface area contributed by atoms with E-state index in [1.54, 1.807) is 23.2 Å². The van der Waals surface area contributed by atoms with E-state index in [4.69, 9.17) is 0 Å². The summed E-state index contributed by atoms with van der Waals surface area (Å²) in [4.78, 5) is 16.6. The minimum Gasteiger partial charge on any atom is -0.348 e. The maximum absolute atomic E-state index is 13.8. The highest BCUT2D eigenvalue weighted by Gasteiger charge is 2.31. The fraction of sp³-hybridized carbons (Fsp3) is 0.533. The van der Waals surface area contributed by atoms with Crippen LogP contribution >= 0.6 is 11.3 Å². The summed E-state index contributed by atoms with van der Waals surface area (Å²) in [6, 6.07) is 0.0415. The molecular formula is C15H19FN4OS. The molecule has 1 fully saturated rings. The van der Waals surface area contributed by atoms with Crippen LogP contribution in [0.3, 0.4) is 0 Å². The van der Waals surface area contributed by atoms with E-state index >= 15 is 0 Å². The van der Waals surface area contributed by atoms with Crippen molar-refractivity contribution in [2.45, 2.75) is 44.3 Å². The summed E-state index contributed by atoms with van der Waals surface area (Å²) in [5, 5.41) is 9.59. The Kier molecular flexibility index (Phi) is 3.99. The van der Waals surface area contributed by atoms with Gasteiger partial charge < -0.3 is 5.32 Å². The average molecular weight is 322 g/mol. The summed E-state index contributed by atoms with van der Waals surface area (Å²) in [5.41, 5.74) is 0.227. The van der Waals surface area contributed by atoms with Crippen LogP contribution in [0.2, 0.25) is 0 Å². The summed E-state index contributed by atoms with van der Waals surface area (Å²) in [6.45, 7) is 1.63. The Hall–Kier alpha value is -1.76. The van der Waals surface area contributed by atoms with Crippen molar-refractivity contribution in [1.29, 1.82) is 0 Å². The van der Waals surface area contributed by atoms with Crippen molar-refractivity contribution in [3.05, 3.63) is 23.5 Å². The minimum absolute atomic E-state index is 0.0415. The molecule has 0 unspecified atom stereocenters. The largest absolute Gasteiger partial charge is 0.348 e. The van der Waals surface area contributed by atoms with Gasteiger partial charge in [-0.15, -0.1) is 11.3 Å². The fourth-order valence-corrected chi connectivity index (χ4v) is 3.44. The lowest BCUT2D eigenvalue weighted by Crippen LogP contribution is -2.40. The topological polar surface area (TPSA) is 59.8 Å². The Morgan fingerprint density at radius 3 is 2.86 bits per heavy atom. The number of thiazole rings is 1. The first kappa shape index (κ1) is 15.1. The van der Waals surface area contributed by atoms with Crippen LogP contribution in [0.15, 0.2) is 17.8 Å². The van der Waals surface area contributed by atoms with Crippen LogP contribution < -0.4 is 5.32 Å². The zero-order chi connectivity index (χ0) is 15.7. The van der Waals surface area contributed by atoms with Crippen molar-refractivity contribution in [2.24, 2.45) is 7.05 Å². The molecule has 2 aromatic heterocycles. The Bertz CT molecular complexity index is 669. The lowest BCUT2D eigenvalue weighted by molar-refractivity contribution is 0.0846. The number of amides is 1. The molecular weight excluding hydrogens is 303 g/mol. The summed E-state index contributed by atoms with van der Waals surface area (Å²) in [6.07, 6.45) is 5.94. The first-order chi connectivity index (χ1) is 10.4. The normalized spacial score (nSPS) is 25.1. The van der Waals surface area contributed by atoms with Crippen molar-refractivity contribution >= 4 is 17.2 Å². The second-order valence-electron chi connectivity index (χ2n) is 6.10. The van der Waals surface area contributed by atoms with Gasteiger partial charge in [0.25, 0.3) is 5.91 Å². The molecule has 0 bridgehead atoms. The van der Waals surface area contributed by atoms with Crippen LogP contribution in [0.1, 0.15) is 43.1 Å². The summed E-state index contributed by atoms with van der Waals surface area (Å²) in [7, 11) is 1.84. The van der Waals surface area contributed by atoms with Crippen LogP contribution in [0.25, 0.3) is 10.6 Å². The maximum atomic E-state index is 13.8. The molecule has 1 saturated carbocycles. The van der Waals surface area contributed by atoms with E-state index in [-0.39, 0.29) is 11.9 Å². The standard InChI is InChI=1S/C15H19FN4OS/c1-15(16)5-3-11(4-6-15)18-13(21)12-9-22-14(19-12)10-7-17-20(2)8-10/h7-9,11H,3-6H2,1-2H3,(H,18,21). The van der Waals surface area contributed by atoms with Gasteiger partial charge in [-0.05, 0) is 32.6 Å². The monoisotopic (exact) mass is 322 g/mol. The van der Waals surface area contributed by atoms with Gasteiger partial charge in [-0.1, -0.05) is 0 Å². The van der Waals surface area contributed by atoms with E-state index in [0.29, 0.717) is 31.4 Å². The number of hydrogen-bond acceptors (Lipinski definition) is 4. The third-order valence-corrected chi connectivity index (χ3v) is 4.94. The number of aromatic nitrogens is 3. The molecule has 0 aliphatic heterocycles. The van der Waals surface area contributed by atoms with Gasteiger partial charge in [0.05, 0.1) is 6.20 Å². The second-order valence-corrected chi connectivity index (χ2v) is 6.96. The van der Waals surface area contributed by atoms with Gasteiger partial charge in [-0.3, -0.25) is 9.48 Å². The van der Waals surface area contributed by atoms with Crippen LogP contribution in [0.4, 0.5) is 4.39 Å². The summed E-state index contributed by atoms with van der Waals surface area (Å²) < 4.78 is 15.5. The summed E-state index contributed by atoms with van der Waals surface area (Å²) >= 11 is 1.42. The molecule has 3 rings (SSSR count). The SMILES string of the molecule is Cn1cc(-c2nc(C(=O)NC3CCC(C)(F)CC3)cs2)cn1. The highest BCUT2D eigenvalue weighted by Crippen LogP contribution is 2.31. The molecule has 0 atom stereocenters. The lowest BCUT2D eigenvalue weighted by Gasteiger charge is -2.31. The van der Waals surface area contributed by atoms with E-state index < -0.39 is 5.67 Å². The third-order valence-electron chi connectivity index (χ3n) is 4.05. The number of carbonyl (C=O) groups excluding carboxylic acids is 1. The lowest BCUT2D eigenvalue weighted by atomic mass is 9.85. The number of nitrogens with zero attached hydrogens (tertiary/aromatic N) is 3. The smallest absolute Gasteiger partial charge is 0.270 e. The van der Waals surface area contributed by atoms with E-state index in [9.17, 15) is 9.18 Å². The Balaban J connectivity index is 1.63. The number of aryl methyl sites for hydroxylation is 1. The molecule has 22 heavy (non-hydrogen) atoms. The van der Waals surface area contributed by atoms with E-state index in [1.807, 2.05) is 13.2 Å². The molecule has 1 N–H and O–H groups in total. The van der Waals surface area contributed by atoms with Crippen LogP contribution in [-0.2, 0) is 7.05 Å². The van der Waals surface area contributed by atoms with Crippen LogP contribution in [-0.4, -0.2) is 32.4 Å². The van der Waals surface area contributed by atoms with Crippen molar-refractivity contribution < 1.29 is 9.18 Å². The number of carbonyl (C=O) groups is 1. The second kappa shape index (κ2) is 5.79. The van der Waals surface area contributed by atoms with Gasteiger partial charge in [-0.25, -0.2) is 9.37 Å². The van der Waals surface area contributed by atoms with E-state index in [0.717, 1.165) is 10.6 Å². The Morgan fingerprint density at radius 1 is 1.50 bits per heavy atom. The molecule has 0 radical (unpaired) electrons. The molecule has 1 aliphatic carbocycles. The third kappa shape index (κ3) is 3.35. The van der Waals surface area contributed by atoms with Gasteiger partial charge in [0.2, 0.25) is 0 Å². The molecule has 118 valence electrons. The van der Waals surface area contributed by atoms with E-state index in [2.05, 4.69) is 15.4 Å². The molecule has 0 aromatic carbocycles. The highest BCUT2D eigenvalue weighted by molar-refractivity contribution is 7.13. The minimum atomic E-state index is -1.09. The average Bonchev–Trinajstić information content (AvgIpc) is 3.09. The van der Waals surface area contributed by atoms with Crippen molar-refractivity contribution in [3.8, 4) is 10.6 Å². The van der Waals surface area contributed by atoms with Gasteiger partial charge >= 0.3 is 0 Å². The molecule has 1 aliphatic rings. The van der Waals surface area contributed by atoms with E-state index in [1.165, 1.54) is 11.3 Å². The molecule has 7 heteroatoms. The van der Waals surface area contributed by atoms with Gasteiger partial charge in [0.15, 0.2) is 0 Å². The van der Waals surface area contributed by atoms with Gasteiger partial charge in [-0.2, -0.15) is 5.10 Å². The van der Waals surface area contributed by atoms with Crippen molar-refractivity contribution in [1.82, 2.24) is 20.1 Å². The van der Waals surface area contributed by atoms with Gasteiger partial charge in [0.1, 0.15) is 16.4 Å². The Labute approximate surface area is 132 Å². The predicted octanol–water partition coefficient (Wildman–Crippen LogP) is 2.94. The fourth-order valence-electron chi connectivity index (χ4n) is 2.67. The Morgan fingerprint density at radius 2 is 2.23 bits per heavy atom. The number of hydrogen-bond donors (Lipinski definition) is 1. The number of rotatable bonds is 3. The number of halogens is 1. The molecule has 2 heterocycles. The number of alkyl halides is 1. The zero-order valence-electron chi connectivity index (χ0n) is 12.7. The van der Waals surface area contributed by atoms with Gasteiger partial charge in [0, 0.05) is 30.2 Å². The van der Waals surface area contributed by atoms with Crippen molar-refractivity contribution in [3.63, 3.8) is 0 Å².